The summed E-state index contributed by atoms with van der Waals surface area (Å²) in [6.45, 7) is 16.3. The van der Waals surface area contributed by atoms with Crippen LogP contribution in [-0.4, -0.2) is 53.6 Å². The Morgan fingerprint density at radius 3 is 2.48 bits per heavy atom. The minimum atomic E-state index is -1.51. The number of hydrogen-bond donors (Lipinski definition) is 1. The molecule has 0 amide bonds. The Balaban J connectivity index is 0.00000353. The number of aromatic nitrogens is 2. The van der Waals surface area contributed by atoms with Gasteiger partial charge in [-0.15, -0.1) is 33.9 Å². The molecule has 1 saturated carbocycles. The first-order valence-electron chi connectivity index (χ1n) is 14.1. The molecule has 1 unspecified atom stereocenters. The summed E-state index contributed by atoms with van der Waals surface area (Å²) in [5.41, 5.74) is 13.9. The topological polar surface area (TPSA) is 126 Å². The van der Waals surface area contributed by atoms with Gasteiger partial charge in [-0.25, -0.2) is 0 Å². The smallest absolute Gasteiger partial charge is 0.682 e. The molecule has 0 aromatic carbocycles. The second kappa shape index (κ2) is 10.5. The molecule has 8 bridgehead atoms. The predicted octanol–water partition coefficient (Wildman–Crippen LogP) is 3.02. The Bertz CT molecular complexity index is 1770. The van der Waals surface area contributed by atoms with Gasteiger partial charge < -0.3 is 31.1 Å². The molecule has 9 heteroatoms. The zero-order valence-corrected chi connectivity index (χ0v) is 26.7. The molecule has 8 nitrogen and oxygen atoms in total. The van der Waals surface area contributed by atoms with Gasteiger partial charge in [0.1, 0.15) is 5.92 Å². The number of hydrogen-bond acceptors (Lipinski definition) is 4. The molecule has 214 valence electrons. The van der Waals surface area contributed by atoms with E-state index >= 15 is 0 Å². The standard InChI is InChI=1S/C33H36N5O3.Mg/c1-9-19-16(5)22-11-21-14(3)15(4)30(37-21)29-27(32(40)41-8)31(39)28-18(7)24(38-33(28,29)34)13-26-20(10-2)17(6)23(36-26)12-25(19)35-22;/h9,11-15,21,27H,1,10,34H2,2-8H3,(H-,35,36,39);/q-3;+2/p-1/b22-11-,30-29-;/t14-,15-,21?,27+,33-;/m0./s1. The van der Waals surface area contributed by atoms with E-state index in [4.69, 9.17) is 31.1 Å². The van der Waals surface area contributed by atoms with Crippen molar-refractivity contribution >= 4 is 59.1 Å². The molecular formula is C33H35MgN5O3-2. The van der Waals surface area contributed by atoms with Gasteiger partial charge >= 0.3 is 29.0 Å². The number of carbonyl (C=O) groups is 2. The Labute approximate surface area is 262 Å². The van der Waals surface area contributed by atoms with Gasteiger partial charge in [0, 0.05) is 5.57 Å². The van der Waals surface area contributed by atoms with Crippen molar-refractivity contribution in [2.24, 2.45) is 23.5 Å². The first-order chi connectivity index (χ1) is 19.5. The van der Waals surface area contributed by atoms with Crippen molar-refractivity contribution in [3.8, 4) is 0 Å². The predicted molar refractivity (Wildman–Crippen MR) is 165 cm³/mol. The van der Waals surface area contributed by atoms with Crippen LogP contribution in [-0.2, 0) is 20.7 Å². The fraction of sp³-hybridized carbons (Fsp3) is 0.394. The fourth-order valence-electron chi connectivity index (χ4n) is 6.97. The molecule has 5 atom stereocenters. The minimum absolute atomic E-state index is 0. The molecular weight excluding hydrogens is 539 g/mol. The number of esters is 1. The van der Waals surface area contributed by atoms with E-state index in [0.29, 0.717) is 28.1 Å². The Morgan fingerprint density at radius 1 is 1.12 bits per heavy atom. The molecule has 3 aliphatic heterocycles. The van der Waals surface area contributed by atoms with Gasteiger partial charge in [-0.05, 0) is 50.3 Å². The fourth-order valence-corrected chi connectivity index (χ4v) is 6.97. The van der Waals surface area contributed by atoms with E-state index in [1.165, 1.54) is 7.11 Å². The molecule has 1 saturated heterocycles. The number of ether oxygens (including phenoxy) is 1. The molecule has 1 aliphatic carbocycles. The quantitative estimate of drug-likeness (QED) is 0.342. The maximum absolute atomic E-state index is 13.9. The van der Waals surface area contributed by atoms with Crippen LogP contribution in [0, 0.1) is 31.6 Å². The monoisotopic (exact) mass is 573 g/mol. The van der Waals surface area contributed by atoms with Gasteiger partial charge in [0.2, 0.25) is 0 Å². The van der Waals surface area contributed by atoms with Crippen molar-refractivity contribution in [2.75, 3.05) is 7.11 Å². The van der Waals surface area contributed by atoms with Gasteiger partial charge in [0.15, 0.2) is 5.78 Å². The molecule has 0 spiro atoms. The number of rotatable bonds is 3. The van der Waals surface area contributed by atoms with Crippen LogP contribution in [0.15, 0.2) is 34.7 Å². The van der Waals surface area contributed by atoms with E-state index in [0.717, 1.165) is 50.8 Å². The van der Waals surface area contributed by atoms with E-state index in [1.54, 1.807) is 0 Å². The zero-order valence-electron chi connectivity index (χ0n) is 25.3. The Morgan fingerprint density at radius 2 is 1.83 bits per heavy atom. The Kier molecular flexibility index (Phi) is 7.52. The summed E-state index contributed by atoms with van der Waals surface area (Å²) in [6.07, 6.45) is 8.60. The minimum Gasteiger partial charge on any atom is -0.682 e. The van der Waals surface area contributed by atoms with E-state index in [1.807, 2.05) is 32.1 Å². The van der Waals surface area contributed by atoms with Gasteiger partial charge in [0.05, 0.1) is 7.11 Å². The van der Waals surface area contributed by atoms with Gasteiger partial charge in [-0.1, -0.05) is 79.5 Å². The maximum Gasteiger partial charge on any atom is 2.00 e. The number of fused-ring (bicyclic) bond motifs is 7. The van der Waals surface area contributed by atoms with E-state index in [2.05, 4.69) is 40.3 Å². The van der Waals surface area contributed by atoms with Crippen molar-refractivity contribution in [3.05, 3.63) is 89.7 Å². The number of allylic oxidation sites excluding steroid dienone is 2. The third kappa shape index (κ3) is 4.04. The van der Waals surface area contributed by atoms with Crippen molar-refractivity contribution < 1.29 is 14.3 Å². The van der Waals surface area contributed by atoms with Crippen LogP contribution in [0.4, 0.5) is 0 Å². The molecule has 2 N–H and O–H groups in total. The summed E-state index contributed by atoms with van der Waals surface area (Å²) < 4.78 is 5.12. The number of Topliss-reactive ketones (excluding diaryl/α,β-unsaturated/α-hetero) is 1. The second-order valence-electron chi connectivity index (χ2n) is 11.6. The van der Waals surface area contributed by atoms with Crippen LogP contribution in [0.2, 0.25) is 0 Å². The van der Waals surface area contributed by atoms with Gasteiger partial charge in [-0.2, -0.15) is 5.70 Å². The summed E-state index contributed by atoms with van der Waals surface area (Å²) in [5, 5.41) is 11.7. The number of carbonyl (C=O) groups excluding carboxylic acids is 2. The largest absolute Gasteiger partial charge is 2.00 e. The number of nitrogens with two attached hydrogens (primary N) is 1. The third-order valence-electron chi connectivity index (χ3n) is 9.53. The maximum atomic E-state index is 13.9. The molecule has 42 heavy (non-hydrogen) atoms. The summed E-state index contributed by atoms with van der Waals surface area (Å²) in [7, 11) is 1.29. The van der Waals surface area contributed by atoms with E-state index < -0.39 is 17.6 Å². The number of nitrogens with zero attached hydrogens (tertiary/aromatic N) is 4. The van der Waals surface area contributed by atoms with Crippen LogP contribution < -0.4 is 26.4 Å². The van der Waals surface area contributed by atoms with Crippen LogP contribution in [0.5, 0.6) is 0 Å². The average molecular weight is 574 g/mol. The molecule has 0 radical (unpaired) electrons. The molecule has 5 heterocycles. The van der Waals surface area contributed by atoms with Crippen molar-refractivity contribution in [1.29, 1.82) is 0 Å². The first-order valence-corrected chi connectivity index (χ1v) is 14.1. The van der Waals surface area contributed by atoms with Crippen LogP contribution in [0.3, 0.4) is 0 Å². The number of methoxy groups -OCH3 is 1. The van der Waals surface area contributed by atoms with E-state index in [-0.39, 0.29) is 46.7 Å². The molecule has 2 fully saturated rings. The zero-order chi connectivity index (χ0) is 29.5. The first kappa shape index (κ1) is 30.2. The van der Waals surface area contributed by atoms with Crippen LogP contribution >= 0.6 is 0 Å². The molecule has 2 aromatic heterocycles. The average Bonchev–Trinajstić information content (AvgIpc) is 3.63. The summed E-state index contributed by atoms with van der Waals surface area (Å²) >= 11 is 0. The van der Waals surface area contributed by atoms with Crippen molar-refractivity contribution in [1.82, 2.24) is 9.97 Å². The molecule has 6 rings (SSSR count). The summed E-state index contributed by atoms with van der Waals surface area (Å²) in [5.74, 6) is -2.22. The summed E-state index contributed by atoms with van der Waals surface area (Å²) in [4.78, 5) is 37.1. The van der Waals surface area contributed by atoms with Crippen LogP contribution in [0.1, 0.15) is 61.3 Å². The van der Waals surface area contributed by atoms with Crippen molar-refractivity contribution in [2.45, 2.75) is 59.7 Å². The van der Waals surface area contributed by atoms with Gasteiger partial charge in [0.25, 0.3) is 0 Å². The van der Waals surface area contributed by atoms with Crippen LogP contribution in [0.25, 0.3) is 34.9 Å². The molecule has 4 aliphatic rings. The number of ketones is 1. The Hall–Kier alpha value is -3.27. The third-order valence-corrected chi connectivity index (χ3v) is 9.53. The van der Waals surface area contributed by atoms with Gasteiger partial charge in [-0.3, -0.25) is 9.59 Å². The molecule has 2 aromatic rings. The SMILES string of the molecule is C=Cc1c(C)/c2[n-]/c1=C\c1[n-]c(c(CC)c1C)/C=C1\[N-][C@@]3(N)C(=C1C)C(=O)[C@H](C(=O)OC)/C3=C1/[N-]C(\C=2)[C@@H](C)[C@@H]1C.[Mg+2]. The second-order valence-corrected chi connectivity index (χ2v) is 11.6. The summed E-state index contributed by atoms with van der Waals surface area (Å²) in [6, 6.07) is -0.237. The van der Waals surface area contributed by atoms with Crippen molar-refractivity contribution in [3.63, 3.8) is 0 Å². The normalized spacial score (nSPS) is 32.1. The van der Waals surface area contributed by atoms with E-state index in [9.17, 15) is 9.59 Å².